The van der Waals surface area contributed by atoms with Crippen LogP contribution in [-0.4, -0.2) is 39.0 Å². The normalized spacial score (nSPS) is 10.6. The van der Waals surface area contributed by atoms with Crippen molar-refractivity contribution in [1.82, 2.24) is 14.8 Å². The molecule has 2 rings (SSSR count). The summed E-state index contributed by atoms with van der Waals surface area (Å²) in [5.41, 5.74) is 6.01. The fraction of sp³-hybridized carbons (Fsp3) is 0.250. The number of nitrogens with zero attached hydrogens (tertiary/aromatic N) is 3. The van der Waals surface area contributed by atoms with E-state index >= 15 is 0 Å². The third-order valence-corrected chi connectivity index (χ3v) is 2.66. The van der Waals surface area contributed by atoms with Gasteiger partial charge in [-0.3, -0.25) is 4.79 Å². The number of aliphatic hydroxyl groups is 1. The molecule has 1 heterocycles. The van der Waals surface area contributed by atoms with E-state index in [0.717, 1.165) is 0 Å². The summed E-state index contributed by atoms with van der Waals surface area (Å²) >= 11 is 5.85. The second kappa shape index (κ2) is 7.02. The van der Waals surface area contributed by atoms with Gasteiger partial charge >= 0.3 is 0 Å². The van der Waals surface area contributed by atoms with Crippen molar-refractivity contribution in [3.8, 4) is 0 Å². The van der Waals surface area contributed by atoms with Gasteiger partial charge in [0.2, 0.25) is 11.8 Å². The first-order valence-electron chi connectivity index (χ1n) is 6.06. The van der Waals surface area contributed by atoms with Crippen molar-refractivity contribution < 1.29 is 14.6 Å². The van der Waals surface area contributed by atoms with Crippen molar-refractivity contribution in [3.63, 3.8) is 0 Å². The van der Waals surface area contributed by atoms with Gasteiger partial charge in [-0.1, -0.05) is 17.7 Å². The number of benzene rings is 1. The molecule has 21 heavy (non-hydrogen) atoms. The van der Waals surface area contributed by atoms with Gasteiger partial charge in [-0.2, -0.15) is 4.98 Å². The molecule has 1 aromatic heterocycles. The fourth-order valence-corrected chi connectivity index (χ4v) is 1.78. The molecule has 0 saturated heterocycles. The number of hydrogen-bond donors (Lipinski definition) is 3. The quantitative estimate of drug-likeness (QED) is 0.677. The van der Waals surface area contributed by atoms with E-state index in [9.17, 15) is 4.79 Å². The van der Waals surface area contributed by atoms with Crippen LogP contribution < -0.4 is 11.1 Å². The molecule has 1 amide bonds. The third-order valence-electron chi connectivity index (χ3n) is 2.42. The molecule has 8 nitrogen and oxygen atoms in total. The number of ether oxygens (including phenoxy) is 1. The zero-order valence-corrected chi connectivity index (χ0v) is 11.7. The van der Waals surface area contributed by atoms with Crippen LogP contribution in [0.3, 0.4) is 0 Å². The van der Waals surface area contributed by atoms with Gasteiger partial charge in [0.05, 0.1) is 13.2 Å². The fourth-order valence-electron chi connectivity index (χ4n) is 1.59. The van der Waals surface area contributed by atoms with Gasteiger partial charge in [0.25, 0.3) is 5.91 Å². The Morgan fingerprint density at radius 1 is 1.52 bits per heavy atom. The number of nitrogen functional groups attached to an aromatic ring is 1. The molecule has 0 aliphatic heterocycles. The number of aliphatic hydroxyl groups excluding tert-OH is 1. The second-order valence-corrected chi connectivity index (χ2v) is 4.46. The van der Waals surface area contributed by atoms with Crippen LogP contribution in [0, 0.1) is 0 Å². The first-order chi connectivity index (χ1) is 10.1. The monoisotopic (exact) mass is 311 g/mol. The Kier molecular flexibility index (Phi) is 5.09. The van der Waals surface area contributed by atoms with Crippen LogP contribution in [0.1, 0.15) is 10.6 Å². The number of anilines is 2. The molecule has 0 unspecified atom stereocenters. The van der Waals surface area contributed by atoms with E-state index in [2.05, 4.69) is 15.4 Å². The number of rotatable bonds is 6. The molecular weight excluding hydrogens is 298 g/mol. The molecule has 1 aromatic carbocycles. The molecule has 0 aliphatic rings. The standard InChI is InChI=1S/C12H14ClN5O3/c13-8-2-1-3-9(6-8)15-11(20)10-16-12(14)17-18(10)7-21-5-4-19/h1-3,6,19H,4-5,7H2,(H2,14,17)(H,15,20). The van der Waals surface area contributed by atoms with E-state index in [0.29, 0.717) is 10.7 Å². The van der Waals surface area contributed by atoms with Crippen LogP contribution >= 0.6 is 11.6 Å². The van der Waals surface area contributed by atoms with Crippen molar-refractivity contribution in [2.75, 3.05) is 24.3 Å². The van der Waals surface area contributed by atoms with E-state index in [-0.39, 0.29) is 31.7 Å². The van der Waals surface area contributed by atoms with Crippen LogP contribution in [0.2, 0.25) is 5.02 Å². The molecule has 112 valence electrons. The lowest BCUT2D eigenvalue weighted by Gasteiger charge is -2.07. The van der Waals surface area contributed by atoms with Gasteiger partial charge in [-0.15, -0.1) is 5.10 Å². The lowest BCUT2D eigenvalue weighted by molar-refractivity contribution is 0.0401. The van der Waals surface area contributed by atoms with E-state index in [1.807, 2.05) is 0 Å². The average Bonchev–Trinajstić information content (AvgIpc) is 2.80. The van der Waals surface area contributed by atoms with E-state index < -0.39 is 5.91 Å². The molecule has 0 radical (unpaired) electrons. The number of aromatic nitrogens is 3. The minimum atomic E-state index is -0.492. The van der Waals surface area contributed by atoms with Gasteiger partial charge in [0.1, 0.15) is 6.73 Å². The highest BCUT2D eigenvalue weighted by Gasteiger charge is 2.16. The zero-order chi connectivity index (χ0) is 15.2. The summed E-state index contributed by atoms with van der Waals surface area (Å²) in [4.78, 5) is 16.0. The topological polar surface area (TPSA) is 115 Å². The Bertz CT molecular complexity index is 631. The summed E-state index contributed by atoms with van der Waals surface area (Å²) in [5.74, 6) is -0.529. The molecular formula is C12H14ClN5O3. The van der Waals surface area contributed by atoms with Gasteiger partial charge in [0.15, 0.2) is 0 Å². The molecule has 0 bridgehead atoms. The van der Waals surface area contributed by atoms with Gasteiger partial charge < -0.3 is 20.9 Å². The van der Waals surface area contributed by atoms with E-state index in [1.54, 1.807) is 24.3 Å². The number of halogens is 1. The lowest BCUT2D eigenvalue weighted by Crippen LogP contribution is -2.20. The first kappa shape index (κ1) is 15.2. The van der Waals surface area contributed by atoms with Crippen molar-refractivity contribution >= 4 is 29.1 Å². The Hall–Kier alpha value is -2.16. The maximum absolute atomic E-state index is 12.2. The molecule has 2 aromatic rings. The summed E-state index contributed by atoms with van der Waals surface area (Å²) in [6.45, 7) is -0.0492. The summed E-state index contributed by atoms with van der Waals surface area (Å²) in [6.07, 6.45) is 0. The summed E-state index contributed by atoms with van der Waals surface area (Å²) in [7, 11) is 0. The minimum absolute atomic E-state index is 0.00501. The maximum Gasteiger partial charge on any atom is 0.293 e. The Morgan fingerprint density at radius 2 is 2.33 bits per heavy atom. The third kappa shape index (κ3) is 4.15. The summed E-state index contributed by atoms with van der Waals surface area (Å²) in [5, 5.41) is 15.7. The highest BCUT2D eigenvalue weighted by Crippen LogP contribution is 2.15. The number of carbonyl (C=O) groups excluding carboxylic acids is 1. The van der Waals surface area contributed by atoms with Gasteiger partial charge in [0, 0.05) is 10.7 Å². The molecule has 0 aliphatic carbocycles. The van der Waals surface area contributed by atoms with Crippen molar-refractivity contribution in [3.05, 3.63) is 35.1 Å². The van der Waals surface area contributed by atoms with Crippen LogP contribution in [-0.2, 0) is 11.5 Å². The molecule has 0 fully saturated rings. The predicted molar refractivity (Wildman–Crippen MR) is 76.9 cm³/mol. The van der Waals surface area contributed by atoms with E-state index in [4.69, 9.17) is 27.2 Å². The van der Waals surface area contributed by atoms with Gasteiger partial charge in [-0.05, 0) is 18.2 Å². The SMILES string of the molecule is Nc1nc(C(=O)Nc2cccc(Cl)c2)n(COCCO)n1. The van der Waals surface area contributed by atoms with Crippen LogP contribution in [0.5, 0.6) is 0 Å². The molecule has 0 atom stereocenters. The number of nitrogens with one attached hydrogen (secondary N) is 1. The highest BCUT2D eigenvalue weighted by atomic mass is 35.5. The number of hydrogen-bond acceptors (Lipinski definition) is 6. The first-order valence-corrected chi connectivity index (χ1v) is 6.44. The number of amides is 1. The molecule has 0 spiro atoms. The second-order valence-electron chi connectivity index (χ2n) is 4.02. The summed E-state index contributed by atoms with van der Waals surface area (Å²) < 4.78 is 6.31. The van der Waals surface area contributed by atoms with E-state index in [1.165, 1.54) is 4.68 Å². The summed E-state index contributed by atoms with van der Waals surface area (Å²) in [6, 6.07) is 6.70. The minimum Gasteiger partial charge on any atom is -0.394 e. The zero-order valence-electron chi connectivity index (χ0n) is 11.0. The average molecular weight is 312 g/mol. The number of carbonyl (C=O) groups is 1. The molecule has 0 saturated carbocycles. The van der Waals surface area contributed by atoms with Crippen molar-refractivity contribution in [2.24, 2.45) is 0 Å². The van der Waals surface area contributed by atoms with Crippen LogP contribution in [0.4, 0.5) is 11.6 Å². The number of nitrogens with two attached hydrogens (primary N) is 1. The lowest BCUT2D eigenvalue weighted by atomic mass is 10.3. The van der Waals surface area contributed by atoms with Gasteiger partial charge in [-0.25, -0.2) is 4.68 Å². The largest absolute Gasteiger partial charge is 0.394 e. The van der Waals surface area contributed by atoms with Crippen molar-refractivity contribution in [2.45, 2.75) is 6.73 Å². The molecule has 9 heteroatoms. The van der Waals surface area contributed by atoms with Crippen molar-refractivity contribution in [1.29, 1.82) is 0 Å². The van der Waals surface area contributed by atoms with Crippen LogP contribution in [0.25, 0.3) is 0 Å². The smallest absolute Gasteiger partial charge is 0.293 e. The Morgan fingerprint density at radius 3 is 3.05 bits per heavy atom. The highest BCUT2D eigenvalue weighted by molar-refractivity contribution is 6.30. The Balaban J connectivity index is 2.11. The maximum atomic E-state index is 12.2. The van der Waals surface area contributed by atoms with Crippen LogP contribution in [0.15, 0.2) is 24.3 Å². The predicted octanol–water partition coefficient (Wildman–Crippen LogP) is 0.732. The Labute approximate surface area is 125 Å². The molecule has 4 N–H and O–H groups in total.